The van der Waals surface area contributed by atoms with Crippen molar-refractivity contribution in [2.75, 3.05) is 37.3 Å². The molecule has 198 valence electrons. The summed E-state index contributed by atoms with van der Waals surface area (Å²) in [5.41, 5.74) is 0.555. The van der Waals surface area contributed by atoms with Gasteiger partial charge >= 0.3 is 0 Å². The average molecular weight is 529 g/mol. The van der Waals surface area contributed by atoms with E-state index in [0.29, 0.717) is 42.5 Å². The van der Waals surface area contributed by atoms with Crippen LogP contribution in [-0.2, 0) is 10.0 Å². The van der Waals surface area contributed by atoms with Gasteiger partial charge in [0.25, 0.3) is 0 Å². The molecule has 0 amide bonds. The minimum Gasteiger partial charge on any atom is -0.389 e. The SMILES string of the molecule is CN(C1CCN(CC(C)(C)O)CC1)S(=O)(=O)c1ccc(Nc2nccc(Nc3ccc(F)cc3)n2)cc1. The van der Waals surface area contributed by atoms with E-state index in [2.05, 4.69) is 25.5 Å². The van der Waals surface area contributed by atoms with E-state index in [1.165, 1.54) is 16.4 Å². The molecule has 0 radical (unpaired) electrons. The molecular formula is C26H33FN6O3S. The van der Waals surface area contributed by atoms with Crippen molar-refractivity contribution in [2.24, 2.45) is 0 Å². The summed E-state index contributed by atoms with van der Waals surface area (Å²) in [7, 11) is -2.03. The lowest BCUT2D eigenvalue weighted by Crippen LogP contribution is -2.48. The predicted octanol–water partition coefficient (Wildman–Crippen LogP) is 3.96. The fourth-order valence-corrected chi connectivity index (χ4v) is 5.78. The van der Waals surface area contributed by atoms with Crippen molar-refractivity contribution in [2.45, 2.75) is 43.2 Å². The van der Waals surface area contributed by atoms with Gasteiger partial charge in [-0.2, -0.15) is 9.29 Å². The molecule has 11 heteroatoms. The van der Waals surface area contributed by atoms with Crippen LogP contribution in [0.15, 0.2) is 65.7 Å². The second-order valence-corrected chi connectivity index (χ2v) is 11.9. The van der Waals surface area contributed by atoms with Crippen molar-refractivity contribution >= 4 is 33.2 Å². The molecule has 0 atom stereocenters. The molecule has 1 aliphatic rings. The van der Waals surface area contributed by atoms with Crippen LogP contribution in [-0.4, -0.2) is 71.0 Å². The van der Waals surface area contributed by atoms with Crippen LogP contribution >= 0.6 is 0 Å². The van der Waals surface area contributed by atoms with E-state index in [1.54, 1.807) is 69.6 Å². The zero-order chi connectivity index (χ0) is 26.6. The van der Waals surface area contributed by atoms with E-state index < -0.39 is 15.6 Å². The Labute approximate surface area is 217 Å². The third-order valence-electron chi connectivity index (χ3n) is 6.24. The number of sulfonamides is 1. The number of aliphatic hydroxyl groups is 1. The number of piperidine rings is 1. The Morgan fingerprint density at radius 3 is 2.24 bits per heavy atom. The molecule has 0 unspecified atom stereocenters. The van der Waals surface area contributed by atoms with E-state index >= 15 is 0 Å². The van der Waals surface area contributed by atoms with E-state index in [-0.39, 0.29) is 16.8 Å². The van der Waals surface area contributed by atoms with E-state index in [1.807, 2.05) is 0 Å². The molecule has 1 saturated heterocycles. The minimum absolute atomic E-state index is 0.0920. The fraction of sp³-hybridized carbons (Fsp3) is 0.385. The molecular weight excluding hydrogens is 495 g/mol. The van der Waals surface area contributed by atoms with Crippen molar-refractivity contribution in [1.29, 1.82) is 0 Å². The molecule has 2 aromatic carbocycles. The molecule has 2 heterocycles. The number of aromatic nitrogens is 2. The Morgan fingerprint density at radius 1 is 1.03 bits per heavy atom. The summed E-state index contributed by atoms with van der Waals surface area (Å²) in [5.74, 6) is 0.538. The molecule has 0 aliphatic carbocycles. The van der Waals surface area contributed by atoms with Gasteiger partial charge in [-0.15, -0.1) is 0 Å². The molecule has 1 fully saturated rings. The van der Waals surface area contributed by atoms with E-state index in [0.717, 1.165) is 13.1 Å². The van der Waals surface area contributed by atoms with Crippen LogP contribution in [0, 0.1) is 5.82 Å². The summed E-state index contributed by atoms with van der Waals surface area (Å²) in [6.45, 7) is 5.61. The monoisotopic (exact) mass is 528 g/mol. The van der Waals surface area contributed by atoms with Gasteiger partial charge in [0.05, 0.1) is 10.5 Å². The first kappa shape index (κ1) is 26.9. The van der Waals surface area contributed by atoms with Gasteiger partial charge in [-0.05, 0) is 94.4 Å². The highest BCUT2D eigenvalue weighted by Gasteiger charge is 2.32. The summed E-state index contributed by atoms with van der Waals surface area (Å²) in [6.07, 6.45) is 3.01. The predicted molar refractivity (Wildman–Crippen MR) is 142 cm³/mol. The van der Waals surface area contributed by atoms with Crippen LogP contribution in [0.3, 0.4) is 0 Å². The molecule has 4 rings (SSSR count). The normalized spacial score (nSPS) is 15.6. The van der Waals surface area contributed by atoms with Crippen molar-refractivity contribution in [1.82, 2.24) is 19.2 Å². The Hall–Kier alpha value is -3.12. The number of β-amino-alcohol motifs (C(OH)–C–C–N with tert-alkyl or cyclic N) is 1. The van der Waals surface area contributed by atoms with Gasteiger partial charge in [-0.1, -0.05) is 0 Å². The van der Waals surface area contributed by atoms with Gasteiger partial charge < -0.3 is 20.6 Å². The molecule has 9 nitrogen and oxygen atoms in total. The lowest BCUT2D eigenvalue weighted by atomic mass is 10.0. The molecule has 0 bridgehead atoms. The third-order valence-corrected chi connectivity index (χ3v) is 8.17. The molecule has 37 heavy (non-hydrogen) atoms. The zero-order valence-electron chi connectivity index (χ0n) is 21.2. The molecule has 1 aromatic heterocycles. The van der Waals surface area contributed by atoms with Crippen LogP contribution in [0.5, 0.6) is 0 Å². The van der Waals surface area contributed by atoms with Gasteiger partial charge in [-0.25, -0.2) is 17.8 Å². The van der Waals surface area contributed by atoms with Crippen molar-refractivity contribution in [3.8, 4) is 0 Å². The number of likely N-dealkylation sites (tertiary alicyclic amines) is 1. The second-order valence-electron chi connectivity index (χ2n) is 9.89. The zero-order valence-corrected chi connectivity index (χ0v) is 22.0. The maximum absolute atomic E-state index is 13.2. The Bertz CT molecular complexity index is 1290. The number of nitrogens with zero attached hydrogens (tertiary/aromatic N) is 4. The highest BCUT2D eigenvalue weighted by molar-refractivity contribution is 7.89. The number of benzene rings is 2. The van der Waals surface area contributed by atoms with Crippen LogP contribution in [0.1, 0.15) is 26.7 Å². The van der Waals surface area contributed by atoms with Crippen LogP contribution in [0.25, 0.3) is 0 Å². The lowest BCUT2D eigenvalue weighted by molar-refractivity contribution is 0.0240. The molecule has 0 spiro atoms. The van der Waals surface area contributed by atoms with Crippen LogP contribution in [0.2, 0.25) is 0 Å². The topological polar surface area (TPSA) is 111 Å². The van der Waals surface area contributed by atoms with Gasteiger partial charge in [0.2, 0.25) is 16.0 Å². The maximum Gasteiger partial charge on any atom is 0.243 e. The molecule has 0 saturated carbocycles. The first-order chi connectivity index (χ1) is 17.5. The van der Waals surface area contributed by atoms with Crippen molar-refractivity contribution in [3.63, 3.8) is 0 Å². The van der Waals surface area contributed by atoms with E-state index in [9.17, 15) is 17.9 Å². The number of nitrogens with one attached hydrogen (secondary N) is 2. The van der Waals surface area contributed by atoms with E-state index in [4.69, 9.17) is 0 Å². The maximum atomic E-state index is 13.2. The van der Waals surface area contributed by atoms with Gasteiger partial charge in [0.1, 0.15) is 11.6 Å². The minimum atomic E-state index is -3.66. The number of halogens is 1. The summed E-state index contributed by atoms with van der Waals surface area (Å²) in [5, 5.41) is 16.2. The fourth-order valence-electron chi connectivity index (χ4n) is 4.36. The molecule has 1 aliphatic heterocycles. The molecule has 3 aromatic rings. The first-order valence-corrected chi connectivity index (χ1v) is 13.6. The largest absolute Gasteiger partial charge is 0.389 e. The van der Waals surface area contributed by atoms with Crippen molar-refractivity contribution < 1.29 is 17.9 Å². The first-order valence-electron chi connectivity index (χ1n) is 12.2. The third kappa shape index (κ3) is 7.22. The van der Waals surface area contributed by atoms with Gasteiger partial charge in [0.15, 0.2) is 0 Å². The summed E-state index contributed by atoms with van der Waals surface area (Å²) < 4.78 is 41.1. The smallest absolute Gasteiger partial charge is 0.243 e. The summed E-state index contributed by atoms with van der Waals surface area (Å²) in [4.78, 5) is 11.0. The highest BCUT2D eigenvalue weighted by atomic mass is 32.2. The average Bonchev–Trinajstić information content (AvgIpc) is 2.85. The Balaban J connectivity index is 1.37. The highest BCUT2D eigenvalue weighted by Crippen LogP contribution is 2.25. The second kappa shape index (κ2) is 11.1. The quantitative estimate of drug-likeness (QED) is 0.383. The number of rotatable bonds is 9. The number of anilines is 4. The van der Waals surface area contributed by atoms with Gasteiger partial charge in [0, 0.05) is 37.2 Å². The standard InChI is InChI=1S/C26H33FN6O3S/c1-26(2,34)18-33-16-13-22(14-17-33)32(3)37(35,36)23-10-8-21(9-11-23)30-25-28-15-12-24(31-25)29-20-6-4-19(27)5-7-20/h4-12,15,22,34H,13-14,16-18H2,1-3H3,(H2,28,29,30,31). The Kier molecular flexibility index (Phi) is 8.08. The summed E-state index contributed by atoms with van der Waals surface area (Å²) >= 11 is 0. The summed E-state index contributed by atoms with van der Waals surface area (Å²) in [6, 6.07) is 14.0. The number of hydrogen-bond acceptors (Lipinski definition) is 8. The van der Waals surface area contributed by atoms with Crippen molar-refractivity contribution in [3.05, 3.63) is 66.6 Å². The molecule has 3 N–H and O–H groups in total. The number of hydrogen-bond donors (Lipinski definition) is 3. The van der Waals surface area contributed by atoms with Gasteiger partial charge in [-0.3, -0.25) is 0 Å². The Morgan fingerprint density at radius 2 is 1.62 bits per heavy atom. The van der Waals surface area contributed by atoms with Crippen LogP contribution < -0.4 is 10.6 Å². The lowest BCUT2D eigenvalue weighted by Gasteiger charge is -2.38. The van der Waals surface area contributed by atoms with Crippen LogP contribution in [0.4, 0.5) is 27.5 Å².